The van der Waals surface area contributed by atoms with Crippen molar-refractivity contribution in [3.8, 4) is 0 Å². The molecule has 1 atom stereocenters. The van der Waals surface area contributed by atoms with E-state index in [9.17, 15) is 8.42 Å². The summed E-state index contributed by atoms with van der Waals surface area (Å²) in [5, 5.41) is 9.96. The molecule has 0 spiro atoms. The molecule has 0 aliphatic carbocycles. The minimum atomic E-state index is -3.54. The van der Waals surface area contributed by atoms with Crippen LogP contribution < -0.4 is 5.32 Å². The Hall–Kier alpha value is -0.960. The third-order valence-electron chi connectivity index (χ3n) is 3.71. The second-order valence-electron chi connectivity index (χ2n) is 5.39. The van der Waals surface area contributed by atoms with Crippen LogP contribution in [0.3, 0.4) is 0 Å². The van der Waals surface area contributed by atoms with Gasteiger partial charge in [-0.2, -0.15) is 9.40 Å². The summed E-state index contributed by atoms with van der Waals surface area (Å²) < 4.78 is 27.2. The van der Waals surface area contributed by atoms with Crippen LogP contribution in [0.4, 0.5) is 0 Å². The maximum atomic E-state index is 12.8. The zero-order valence-electron chi connectivity index (χ0n) is 12.5. The lowest BCUT2D eigenvalue weighted by atomic mass is 10.2. The molecule has 1 aliphatic rings. The van der Waals surface area contributed by atoms with Crippen molar-refractivity contribution in [2.45, 2.75) is 31.5 Å². The fraction of sp³-hybridized carbons (Fsp3) is 0.750. The molecule has 0 amide bonds. The van der Waals surface area contributed by atoms with Crippen LogP contribution in [-0.2, 0) is 16.6 Å². The molecule has 2 N–H and O–H groups in total. The Morgan fingerprint density at radius 2 is 2.15 bits per heavy atom. The molecule has 1 unspecified atom stereocenters. The molecular weight excluding hydrogens is 278 g/mol. The molecule has 1 aliphatic heterocycles. The summed E-state index contributed by atoms with van der Waals surface area (Å²) in [6.45, 7) is 6.25. The number of rotatable bonds is 4. The zero-order valence-corrected chi connectivity index (χ0v) is 13.3. The highest BCUT2D eigenvalue weighted by Crippen LogP contribution is 2.23. The quantitative estimate of drug-likeness (QED) is 0.802. The fourth-order valence-electron chi connectivity index (χ4n) is 2.62. The molecule has 2 heterocycles. The van der Waals surface area contributed by atoms with Crippen molar-refractivity contribution in [1.82, 2.24) is 24.7 Å². The Balaban J connectivity index is 2.35. The van der Waals surface area contributed by atoms with E-state index in [0.717, 1.165) is 24.3 Å². The van der Waals surface area contributed by atoms with E-state index in [1.54, 1.807) is 11.4 Å². The zero-order chi connectivity index (χ0) is 14.9. The molecule has 0 saturated carbocycles. The predicted octanol–water partition coefficient (Wildman–Crippen LogP) is -0.238. The second-order valence-corrected chi connectivity index (χ2v) is 7.20. The Bertz CT molecular complexity index is 568. The van der Waals surface area contributed by atoms with Crippen molar-refractivity contribution in [3.63, 3.8) is 0 Å². The summed E-state index contributed by atoms with van der Waals surface area (Å²) in [6.07, 6.45) is 0. The van der Waals surface area contributed by atoms with Crippen LogP contribution in [0.2, 0.25) is 0 Å². The summed E-state index contributed by atoms with van der Waals surface area (Å²) in [7, 11) is 0.256. The van der Waals surface area contributed by atoms with Crippen LogP contribution in [0.25, 0.3) is 0 Å². The van der Waals surface area contributed by atoms with Gasteiger partial charge < -0.3 is 10.2 Å². The van der Waals surface area contributed by atoms with Crippen LogP contribution >= 0.6 is 0 Å². The minimum absolute atomic E-state index is 0.0433. The van der Waals surface area contributed by atoms with Crippen LogP contribution in [0.5, 0.6) is 0 Å². The fourth-order valence-corrected chi connectivity index (χ4v) is 4.40. The van der Waals surface area contributed by atoms with Crippen LogP contribution in [-0.4, -0.2) is 67.6 Å². The largest absolute Gasteiger partial charge is 0.316 e. The number of H-pyrrole nitrogens is 1. The highest BCUT2D eigenvalue weighted by molar-refractivity contribution is 7.89. The minimum Gasteiger partial charge on any atom is -0.316 e. The van der Waals surface area contributed by atoms with E-state index in [1.807, 2.05) is 20.9 Å². The SMILES string of the molecule is CNCc1c(S(=O)(=O)N2CCN(C)CC2C)n[nH]c1C. The molecular formula is C12H23N5O2S. The highest BCUT2D eigenvalue weighted by atomic mass is 32.2. The first-order chi connectivity index (χ1) is 9.37. The first-order valence-corrected chi connectivity index (χ1v) is 8.20. The van der Waals surface area contributed by atoms with Crippen molar-refractivity contribution in [1.29, 1.82) is 0 Å². The van der Waals surface area contributed by atoms with E-state index in [0.29, 0.717) is 13.1 Å². The monoisotopic (exact) mass is 301 g/mol. The molecule has 7 nitrogen and oxygen atoms in total. The highest BCUT2D eigenvalue weighted by Gasteiger charge is 2.36. The van der Waals surface area contributed by atoms with Gasteiger partial charge >= 0.3 is 0 Å². The van der Waals surface area contributed by atoms with Gasteiger partial charge in [-0.05, 0) is 27.9 Å². The Kier molecular flexibility index (Phi) is 4.48. The van der Waals surface area contributed by atoms with Gasteiger partial charge in [0.05, 0.1) is 0 Å². The third-order valence-corrected chi connectivity index (χ3v) is 5.70. The van der Waals surface area contributed by atoms with Gasteiger partial charge in [-0.25, -0.2) is 8.42 Å². The van der Waals surface area contributed by atoms with Gasteiger partial charge in [-0.1, -0.05) is 0 Å². The molecule has 0 bridgehead atoms. The van der Waals surface area contributed by atoms with Gasteiger partial charge in [0.2, 0.25) is 0 Å². The number of hydrogen-bond donors (Lipinski definition) is 2. The van der Waals surface area contributed by atoms with Gasteiger partial charge in [0.15, 0.2) is 5.03 Å². The van der Waals surface area contributed by atoms with Crippen molar-refractivity contribution in [3.05, 3.63) is 11.3 Å². The normalized spacial score (nSPS) is 22.3. The summed E-state index contributed by atoms with van der Waals surface area (Å²) in [5.41, 5.74) is 1.51. The van der Waals surface area contributed by atoms with E-state index in [4.69, 9.17) is 0 Å². The molecule has 20 heavy (non-hydrogen) atoms. The van der Waals surface area contributed by atoms with E-state index < -0.39 is 10.0 Å². The van der Waals surface area contributed by atoms with E-state index in [-0.39, 0.29) is 11.1 Å². The number of likely N-dealkylation sites (N-methyl/N-ethyl adjacent to an activating group) is 1. The summed E-state index contributed by atoms with van der Waals surface area (Å²) in [5.74, 6) is 0. The van der Waals surface area contributed by atoms with Crippen LogP contribution in [0, 0.1) is 6.92 Å². The van der Waals surface area contributed by atoms with E-state index in [1.165, 1.54) is 0 Å². The van der Waals surface area contributed by atoms with Crippen molar-refractivity contribution in [2.24, 2.45) is 0 Å². The van der Waals surface area contributed by atoms with Crippen molar-refractivity contribution in [2.75, 3.05) is 33.7 Å². The number of aromatic amines is 1. The number of aromatic nitrogens is 2. The lowest BCUT2D eigenvalue weighted by Crippen LogP contribution is -2.52. The average molecular weight is 301 g/mol. The van der Waals surface area contributed by atoms with Crippen molar-refractivity contribution >= 4 is 10.0 Å². The van der Waals surface area contributed by atoms with Crippen LogP contribution in [0.1, 0.15) is 18.2 Å². The molecule has 1 aromatic heterocycles. The number of sulfonamides is 1. The molecule has 0 radical (unpaired) electrons. The first-order valence-electron chi connectivity index (χ1n) is 6.76. The Morgan fingerprint density at radius 1 is 1.45 bits per heavy atom. The smallest absolute Gasteiger partial charge is 0.263 e. The molecule has 1 aromatic rings. The van der Waals surface area contributed by atoms with Gasteiger partial charge in [-0.15, -0.1) is 0 Å². The molecule has 114 valence electrons. The number of nitrogens with one attached hydrogen (secondary N) is 2. The van der Waals surface area contributed by atoms with Gasteiger partial charge in [-0.3, -0.25) is 5.10 Å². The summed E-state index contributed by atoms with van der Waals surface area (Å²) in [4.78, 5) is 2.14. The third kappa shape index (κ3) is 2.73. The maximum Gasteiger partial charge on any atom is 0.263 e. The number of hydrogen-bond acceptors (Lipinski definition) is 5. The molecule has 2 rings (SSSR count). The molecule has 1 fully saturated rings. The predicted molar refractivity (Wildman–Crippen MR) is 76.9 cm³/mol. The summed E-state index contributed by atoms with van der Waals surface area (Å²) in [6, 6.07) is -0.0433. The maximum absolute atomic E-state index is 12.8. The van der Waals surface area contributed by atoms with Crippen LogP contribution in [0.15, 0.2) is 5.03 Å². The summed E-state index contributed by atoms with van der Waals surface area (Å²) >= 11 is 0. The van der Waals surface area contributed by atoms with E-state index in [2.05, 4.69) is 20.4 Å². The molecule has 1 saturated heterocycles. The lowest BCUT2D eigenvalue weighted by molar-refractivity contribution is 0.170. The second kappa shape index (κ2) is 5.80. The number of aryl methyl sites for hydroxylation is 1. The standard InChI is InChI=1S/C12H23N5O2S/c1-9-8-16(4)5-6-17(9)20(18,19)12-11(7-13-3)10(2)14-15-12/h9,13H,5-8H2,1-4H3,(H,14,15). The van der Waals surface area contributed by atoms with Gasteiger partial charge in [0.1, 0.15) is 0 Å². The van der Waals surface area contributed by atoms with Gasteiger partial charge in [0.25, 0.3) is 10.0 Å². The number of nitrogens with zero attached hydrogens (tertiary/aromatic N) is 3. The topological polar surface area (TPSA) is 81.3 Å². The molecule has 8 heteroatoms. The van der Waals surface area contributed by atoms with E-state index >= 15 is 0 Å². The first kappa shape index (κ1) is 15.4. The van der Waals surface area contributed by atoms with Crippen molar-refractivity contribution < 1.29 is 8.42 Å². The van der Waals surface area contributed by atoms with Gasteiger partial charge in [0, 0.05) is 43.5 Å². The Morgan fingerprint density at radius 3 is 2.75 bits per heavy atom. The lowest BCUT2D eigenvalue weighted by Gasteiger charge is -2.36. The Labute approximate surface area is 120 Å². The average Bonchev–Trinajstić information content (AvgIpc) is 2.72. The number of piperazine rings is 1. The molecule has 0 aromatic carbocycles.